The fourth-order valence-corrected chi connectivity index (χ4v) is 4.00. The van der Waals surface area contributed by atoms with Crippen LogP contribution in [0.5, 0.6) is 11.5 Å². The summed E-state index contributed by atoms with van der Waals surface area (Å²) in [6.45, 7) is 2.37. The number of pyridine rings is 1. The topological polar surface area (TPSA) is 76.0 Å². The molecule has 2 aliphatic rings. The van der Waals surface area contributed by atoms with E-state index in [2.05, 4.69) is 10.8 Å². The molecule has 8 heteroatoms. The zero-order valence-corrected chi connectivity index (χ0v) is 17.1. The summed E-state index contributed by atoms with van der Waals surface area (Å²) in [4.78, 5) is 12.2. The van der Waals surface area contributed by atoms with Crippen LogP contribution in [0.3, 0.4) is 0 Å². The van der Waals surface area contributed by atoms with E-state index in [1.807, 2.05) is 13.0 Å². The van der Waals surface area contributed by atoms with Gasteiger partial charge >= 0.3 is 0 Å². The van der Waals surface area contributed by atoms with Crippen molar-refractivity contribution in [3.05, 3.63) is 40.3 Å². The fraction of sp³-hybridized carbons (Fsp3) is 0.450. The second kappa shape index (κ2) is 7.69. The van der Waals surface area contributed by atoms with Crippen molar-refractivity contribution in [2.45, 2.75) is 32.3 Å². The Bertz CT molecular complexity index is 942. The number of anilines is 1. The molecule has 0 radical (unpaired) electrons. The number of ether oxygens (including phenoxy) is 2. The van der Waals surface area contributed by atoms with Gasteiger partial charge in [0.05, 0.1) is 19.2 Å². The first-order valence-electron chi connectivity index (χ1n) is 9.48. The van der Waals surface area contributed by atoms with E-state index in [9.17, 15) is 10.0 Å². The number of hydroxylamine groups is 1. The van der Waals surface area contributed by atoms with Crippen molar-refractivity contribution >= 4 is 17.8 Å². The highest BCUT2D eigenvalue weighted by atomic mass is 32.2. The van der Waals surface area contributed by atoms with Crippen LogP contribution in [0.4, 0.5) is 5.69 Å². The molecule has 1 aromatic carbocycles. The average molecular weight is 404 g/mol. The third-order valence-electron chi connectivity index (χ3n) is 5.22. The van der Waals surface area contributed by atoms with E-state index >= 15 is 0 Å². The van der Waals surface area contributed by atoms with E-state index in [1.54, 1.807) is 19.3 Å². The monoisotopic (exact) mass is 403 g/mol. The lowest BCUT2D eigenvalue weighted by atomic mass is 10.00. The highest BCUT2D eigenvalue weighted by molar-refractivity contribution is 7.98. The van der Waals surface area contributed by atoms with Crippen LogP contribution in [-0.2, 0) is 13.5 Å². The molecule has 1 aromatic heterocycles. The summed E-state index contributed by atoms with van der Waals surface area (Å²) in [6.07, 6.45) is 5.34. The van der Waals surface area contributed by atoms with Gasteiger partial charge in [0.1, 0.15) is 11.9 Å². The van der Waals surface area contributed by atoms with Gasteiger partial charge in [-0.15, -0.1) is 4.47 Å². The number of aryl methyl sites for hydroxylation is 1. The standard InChI is InChI=1S/C20H25N3O4S/c1-4-23(25)28-21-15-7-13-8-17(12-5-6-12)27-19(13)16(10-15)14-9-18(26-3)20(24)22(2)11-14/h7,9-12,17,21,25H,4-6,8H2,1-3H3. The molecule has 1 unspecified atom stereocenters. The van der Waals surface area contributed by atoms with Crippen LogP contribution < -0.4 is 19.8 Å². The lowest BCUT2D eigenvalue weighted by molar-refractivity contribution is 0.0230. The van der Waals surface area contributed by atoms with Crippen LogP contribution in [0.1, 0.15) is 25.3 Å². The Morgan fingerprint density at radius 2 is 2.18 bits per heavy atom. The molecule has 1 aliphatic heterocycles. The summed E-state index contributed by atoms with van der Waals surface area (Å²) in [6, 6.07) is 5.83. The molecule has 2 heterocycles. The fourth-order valence-electron chi connectivity index (χ4n) is 3.54. The second-order valence-corrected chi connectivity index (χ2v) is 8.09. The molecule has 0 saturated heterocycles. The van der Waals surface area contributed by atoms with Crippen LogP contribution in [0.2, 0.25) is 0 Å². The Balaban J connectivity index is 1.76. The van der Waals surface area contributed by atoms with Crippen molar-refractivity contribution in [1.29, 1.82) is 0 Å². The van der Waals surface area contributed by atoms with E-state index < -0.39 is 0 Å². The van der Waals surface area contributed by atoms with E-state index in [0.29, 0.717) is 18.2 Å². The van der Waals surface area contributed by atoms with Crippen molar-refractivity contribution in [2.75, 3.05) is 18.4 Å². The van der Waals surface area contributed by atoms with Crippen LogP contribution in [0, 0.1) is 5.92 Å². The molecule has 1 fully saturated rings. The van der Waals surface area contributed by atoms with Crippen LogP contribution >= 0.6 is 12.1 Å². The zero-order chi connectivity index (χ0) is 19.8. The summed E-state index contributed by atoms with van der Waals surface area (Å²) in [5.74, 6) is 1.81. The van der Waals surface area contributed by atoms with Gasteiger partial charge in [0.25, 0.3) is 5.56 Å². The van der Waals surface area contributed by atoms with Crippen LogP contribution in [0.25, 0.3) is 11.1 Å². The molecule has 1 atom stereocenters. The Kier molecular flexibility index (Phi) is 5.27. The van der Waals surface area contributed by atoms with Crippen molar-refractivity contribution < 1.29 is 14.7 Å². The van der Waals surface area contributed by atoms with Crippen LogP contribution in [-0.4, -0.2) is 34.0 Å². The van der Waals surface area contributed by atoms with Gasteiger partial charge in [-0.05, 0) is 43.9 Å². The first kappa shape index (κ1) is 19.2. The molecular weight excluding hydrogens is 378 g/mol. The Labute approximate surface area is 168 Å². The smallest absolute Gasteiger partial charge is 0.292 e. The number of hydrogen-bond donors (Lipinski definition) is 2. The molecule has 0 spiro atoms. The van der Waals surface area contributed by atoms with Gasteiger partial charge < -0.3 is 24.0 Å². The van der Waals surface area contributed by atoms with E-state index in [4.69, 9.17) is 9.47 Å². The maximum absolute atomic E-state index is 12.2. The van der Waals surface area contributed by atoms with Gasteiger partial charge in [0, 0.05) is 48.6 Å². The Hall–Kier alpha value is -2.16. The number of hydrogen-bond acceptors (Lipinski definition) is 7. The van der Waals surface area contributed by atoms with Gasteiger partial charge in [-0.2, -0.15) is 0 Å². The summed E-state index contributed by atoms with van der Waals surface area (Å²) in [5, 5.41) is 9.71. The van der Waals surface area contributed by atoms with Crippen molar-refractivity contribution in [1.82, 2.24) is 9.04 Å². The highest BCUT2D eigenvalue weighted by Crippen LogP contribution is 2.47. The van der Waals surface area contributed by atoms with Crippen molar-refractivity contribution in [2.24, 2.45) is 13.0 Å². The Morgan fingerprint density at radius 3 is 2.86 bits per heavy atom. The molecule has 2 N–H and O–H groups in total. The molecule has 2 aromatic rings. The maximum Gasteiger partial charge on any atom is 0.292 e. The normalized spacial score (nSPS) is 18.1. The highest BCUT2D eigenvalue weighted by Gasteiger charge is 2.38. The average Bonchev–Trinajstić information content (AvgIpc) is 3.46. The maximum atomic E-state index is 12.2. The lowest BCUT2D eigenvalue weighted by Gasteiger charge is -2.16. The predicted molar refractivity (Wildman–Crippen MR) is 110 cm³/mol. The van der Waals surface area contributed by atoms with E-state index in [-0.39, 0.29) is 11.7 Å². The predicted octanol–water partition coefficient (Wildman–Crippen LogP) is 3.46. The molecule has 4 rings (SSSR count). The van der Waals surface area contributed by atoms with E-state index in [1.165, 1.54) is 24.5 Å². The summed E-state index contributed by atoms with van der Waals surface area (Å²) < 4.78 is 17.4. The first-order valence-corrected chi connectivity index (χ1v) is 10.3. The van der Waals surface area contributed by atoms with E-state index in [0.717, 1.165) is 51.2 Å². The van der Waals surface area contributed by atoms with Gasteiger partial charge in [-0.25, -0.2) is 0 Å². The van der Waals surface area contributed by atoms with Gasteiger partial charge in [-0.3, -0.25) is 4.79 Å². The van der Waals surface area contributed by atoms with Crippen LogP contribution in [0.15, 0.2) is 29.2 Å². The molecule has 7 nitrogen and oxygen atoms in total. The molecule has 28 heavy (non-hydrogen) atoms. The number of methoxy groups -OCH3 is 1. The Morgan fingerprint density at radius 1 is 1.39 bits per heavy atom. The quantitative estimate of drug-likeness (QED) is 0.542. The summed E-state index contributed by atoms with van der Waals surface area (Å²) in [5.41, 5.74) is 3.61. The minimum absolute atomic E-state index is 0.177. The number of rotatable bonds is 7. The minimum Gasteiger partial charge on any atom is -0.491 e. The van der Waals surface area contributed by atoms with Gasteiger partial charge in [-0.1, -0.05) is 0 Å². The zero-order valence-electron chi connectivity index (χ0n) is 16.3. The largest absolute Gasteiger partial charge is 0.491 e. The third-order valence-corrected chi connectivity index (χ3v) is 6.02. The molecule has 0 bridgehead atoms. The van der Waals surface area contributed by atoms with Gasteiger partial charge in [0.15, 0.2) is 5.75 Å². The van der Waals surface area contributed by atoms with Crippen molar-refractivity contribution in [3.63, 3.8) is 0 Å². The first-order chi connectivity index (χ1) is 13.5. The third kappa shape index (κ3) is 3.72. The van der Waals surface area contributed by atoms with Crippen molar-refractivity contribution in [3.8, 4) is 22.6 Å². The minimum atomic E-state index is -0.177. The van der Waals surface area contributed by atoms with Gasteiger partial charge in [0.2, 0.25) is 0 Å². The SMILES string of the molecule is CCN(O)SNc1cc2c(c(-c3cc(OC)c(=O)n(C)c3)c1)OC(C1CC1)C2. The second-order valence-electron chi connectivity index (χ2n) is 7.28. The molecule has 1 aliphatic carbocycles. The number of fused-ring (bicyclic) bond motifs is 1. The molecule has 0 amide bonds. The number of nitrogens with zero attached hydrogens (tertiary/aromatic N) is 2. The number of aromatic nitrogens is 1. The summed E-state index contributed by atoms with van der Waals surface area (Å²) in [7, 11) is 3.21. The number of nitrogens with one attached hydrogen (secondary N) is 1. The summed E-state index contributed by atoms with van der Waals surface area (Å²) >= 11 is 1.13. The molecule has 150 valence electrons. The molecule has 1 saturated carbocycles. The lowest BCUT2D eigenvalue weighted by Crippen LogP contribution is -2.18. The molecular formula is C20H25N3O4S. The number of benzene rings is 1.